The van der Waals surface area contributed by atoms with Crippen LogP contribution in [0.1, 0.15) is 30.6 Å². The Hall–Kier alpha value is -0.830. The first kappa shape index (κ1) is 9.71. The predicted molar refractivity (Wildman–Crippen MR) is 59.2 cm³/mol. The normalized spacial score (nSPS) is 15.6. The van der Waals surface area contributed by atoms with Gasteiger partial charge in [0.05, 0.1) is 0 Å². The molecule has 1 atom stereocenters. The largest absolute Gasteiger partial charge is 0.454 e. The lowest BCUT2D eigenvalue weighted by Crippen LogP contribution is -1.93. The summed E-state index contributed by atoms with van der Waals surface area (Å²) in [7, 11) is 0. The smallest absolute Gasteiger partial charge is 0.231 e. The monoisotopic (exact) mass is 210 g/mol. The van der Waals surface area contributed by atoms with Crippen LogP contribution in [0.4, 0.5) is 0 Å². The topological polar surface area (TPSA) is 18.5 Å². The summed E-state index contributed by atoms with van der Waals surface area (Å²) in [5.41, 5.74) is 1.21. The Morgan fingerprint density at radius 2 is 2.14 bits per heavy atom. The summed E-state index contributed by atoms with van der Waals surface area (Å²) in [6.07, 6.45) is 2.23. The molecule has 0 aromatic heterocycles. The average molecular weight is 210 g/mol. The van der Waals surface area contributed by atoms with E-state index >= 15 is 0 Å². The molecule has 3 heteroatoms. The summed E-state index contributed by atoms with van der Waals surface area (Å²) in [6, 6.07) is 6.03. The van der Waals surface area contributed by atoms with Gasteiger partial charge in [-0.2, -0.15) is 12.6 Å². The predicted octanol–water partition coefficient (Wildman–Crippen LogP) is 3.19. The Morgan fingerprint density at radius 1 is 1.36 bits per heavy atom. The first-order valence-electron chi connectivity index (χ1n) is 4.89. The molecule has 1 aliphatic heterocycles. The van der Waals surface area contributed by atoms with Gasteiger partial charge in [0.2, 0.25) is 6.79 Å². The molecule has 0 saturated heterocycles. The Labute approximate surface area is 89.6 Å². The number of rotatable bonds is 3. The molecule has 0 saturated carbocycles. The third-order valence-electron chi connectivity index (χ3n) is 2.34. The van der Waals surface area contributed by atoms with Gasteiger partial charge in [-0.15, -0.1) is 0 Å². The van der Waals surface area contributed by atoms with Gasteiger partial charge < -0.3 is 9.47 Å². The van der Waals surface area contributed by atoms with Crippen LogP contribution in [0.2, 0.25) is 0 Å². The van der Waals surface area contributed by atoms with Crippen molar-refractivity contribution < 1.29 is 9.47 Å². The number of thiol groups is 1. The molecule has 14 heavy (non-hydrogen) atoms. The van der Waals surface area contributed by atoms with E-state index in [1.54, 1.807) is 0 Å². The fourth-order valence-corrected chi connectivity index (χ4v) is 1.98. The third-order valence-corrected chi connectivity index (χ3v) is 2.90. The lowest BCUT2D eigenvalue weighted by atomic mass is 10.1. The number of ether oxygens (including phenoxy) is 2. The highest BCUT2D eigenvalue weighted by Gasteiger charge is 2.15. The molecule has 0 aliphatic carbocycles. The average Bonchev–Trinajstić information content (AvgIpc) is 2.64. The molecule has 2 nitrogen and oxygen atoms in total. The van der Waals surface area contributed by atoms with Crippen LogP contribution < -0.4 is 9.47 Å². The molecule has 0 radical (unpaired) electrons. The van der Waals surface area contributed by atoms with Crippen LogP contribution in [-0.2, 0) is 0 Å². The molecule has 76 valence electrons. The maximum atomic E-state index is 5.31. The van der Waals surface area contributed by atoms with Gasteiger partial charge >= 0.3 is 0 Å². The zero-order valence-electron chi connectivity index (χ0n) is 8.19. The van der Waals surface area contributed by atoms with Gasteiger partial charge in [-0.25, -0.2) is 0 Å². The van der Waals surface area contributed by atoms with Crippen molar-refractivity contribution in [3.63, 3.8) is 0 Å². The van der Waals surface area contributed by atoms with Crippen molar-refractivity contribution in [1.29, 1.82) is 0 Å². The van der Waals surface area contributed by atoms with Crippen molar-refractivity contribution in [2.45, 2.75) is 25.0 Å². The van der Waals surface area contributed by atoms with Crippen molar-refractivity contribution in [3.8, 4) is 11.5 Å². The highest BCUT2D eigenvalue weighted by Crippen LogP contribution is 2.36. The van der Waals surface area contributed by atoms with Crippen molar-refractivity contribution >= 4 is 12.6 Å². The Bertz CT molecular complexity index is 325. The van der Waals surface area contributed by atoms with Gasteiger partial charge in [0.25, 0.3) is 0 Å². The van der Waals surface area contributed by atoms with Crippen molar-refractivity contribution in [3.05, 3.63) is 23.8 Å². The van der Waals surface area contributed by atoms with Crippen LogP contribution >= 0.6 is 12.6 Å². The summed E-state index contributed by atoms with van der Waals surface area (Å²) < 4.78 is 10.6. The summed E-state index contributed by atoms with van der Waals surface area (Å²) in [6.45, 7) is 2.50. The zero-order valence-corrected chi connectivity index (χ0v) is 9.09. The number of hydrogen-bond acceptors (Lipinski definition) is 3. The molecule has 0 fully saturated rings. The van der Waals surface area contributed by atoms with Crippen LogP contribution in [0.15, 0.2) is 18.2 Å². The van der Waals surface area contributed by atoms with Gasteiger partial charge in [-0.1, -0.05) is 19.4 Å². The van der Waals surface area contributed by atoms with E-state index in [0.29, 0.717) is 12.0 Å². The lowest BCUT2D eigenvalue weighted by molar-refractivity contribution is 0.174. The first-order chi connectivity index (χ1) is 6.81. The number of hydrogen-bond donors (Lipinski definition) is 1. The highest BCUT2D eigenvalue weighted by molar-refractivity contribution is 7.80. The molecule has 1 heterocycles. The lowest BCUT2D eigenvalue weighted by Gasteiger charge is -2.09. The molecule has 1 aromatic carbocycles. The fourth-order valence-electron chi connectivity index (χ4n) is 1.56. The Balaban J connectivity index is 2.19. The summed E-state index contributed by atoms with van der Waals surface area (Å²) in [5, 5.41) is 0.300. The summed E-state index contributed by atoms with van der Waals surface area (Å²) in [4.78, 5) is 0. The van der Waals surface area contributed by atoms with Gasteiger partial charge in [0.1, 0.15) is 0 Å². The van der Waals surface area contributed by atoms with E-state index in [-0.39, 0.29) is 0 Å². The quantitative estimate of drug-likeness (QED) is 0.772. The second-order valence-corrected chi connectivity index (χ2v) is 4.04. The van der Waals surface area contributed by atoms with Gasteiger partial charge in [0.15, 0.2) is 11.5 Å². The van der Waals surface area contributed by atoms with Crippen LogP contribution in [0.3, 0.4) is 0 Å². The van der Waals surface area contributed by atoms with E-state index in [1.807, 2.05) is 12.1 Å². The van der Waals surface area contributed by atoms with E-state index in [4.69, 9.17) is 9.47 Å². The van der Waals surface area contributed by atoms with Crippen molar-refractivity contribution in [1.82, 2.24) is 0 Å². The molecule has 0 bridgehead atoms. The first-order valence-corrected chi connectivity index (χ1v) is 5.40. The minimum absolute atomic E-state index is 0.300. The molecule has 2 rings (SSSR count). The van der Waals surface area contributed by atoms with Crippen molar-refractivity contribution in [2.75, 3.05) is 6.79 Å². The molecule has 1 aromatic rings. The molecule has 0 amide bonds. The van der Waals surface area contributed by atoms with Crippen molar-refractivity contribution in [2.24, 2.45) is 0 Å². The summed E-state index contributed by atoms with van der Waals surface area (Å²) >= 11 is 4.54. The maximum Gasteiger partial charge on any atom is 0.231 e. The van der Waals surface area contributed by atoms with Crippen LogP contribution in [0.25, 0.3) is 0 Å². The fraction of sp³-hybridized carbons (Fsp3) is 0.455. The number of benzene rings is 1. The summed E-state index contributed by atoms with van der Waals surface area (Å²) in [5.74, 6) is 1.68. The molecule has 1 aliphatic rings. The molecule has 0 N–H and O–H groups in total. The van der Waals surface area contributed by atoms with E-state index < -0.39 is 0 Å². The number of fused-ring (bicyclic) bond motifs is 1. The second kappa shape index (κ2) is 4.13. The third kappa shape index (κ3) is 1.82. The van der Waals surface area contributed by atoms with Gasteiger partial charge in [-0.3, -0.25) is 0 Å². The SMILES string of the molecule is CCCC(S)c1ccc2c(c1)OCO2. The second-order valence-electron chi connectivity index (χ2n) is 3.42. The Morgan fingerprint density at radius 3 is 2.93 bits per heavy atom. The molecular weight excluding hydrogens is 196 g/mol. The van der Waals surface area contributed by atoms with E-state index in [2.05, 4.69) is 25.6 Å². The van der Waals surface area contributed by atoms with E-state index in [0.717, 1.165) is 24.3 Å². The molecule has 1 unspecified atom stereocenters. The zero-order chi connectivity index (χ0) is 9.97. The molecule has 0 spiro atoms. The Kier molecular flexibility index (Phi) is 2.87. The minimum atomic E-state index is 0.300. The van der Waals surface area contributed by atoms with Crippen LogP contribution in [-0.4, -0.2) is 6.79 Å². The highest BCUT2D eigenvalue weighted by atomic mass is 32.1. The minimum Gasteiger partial charge on any atom is -0.454 e. The van der Waals surface area contributed by atoms with E-state index in [9.17, 15) is 0 Å². The standard InChI is InChI=1S/C11H14O2S/c1-2-3-11(14)8-4-5-9-10(6-8)13-7-12-9/h4-6,11,14H,2-3,7H2,1H3. The van der Waals surface area contributed by atoms with Gasteiger partial charge in [0, 0.05) is 5.25 Å². The van der Waals surface area contributed by atoms with Crippen LogP contribution in [0, 0.1) is 0 Å². The maximum absolute atomic E-state index is 5.31. The van der Waals surface area contributed by atoms with Crippen LogP contribution in [0.5, 0.6) is 11.5 Å². The van der Waals surface area contributed by atoms with E-state index in [1.165, 1.54) is 5.56 Å². The van der Waals surface area contributed by atoms with Gasteiger partial charge in [-0.05, 0) is 24.1 Å². The molecular formula is C11H14O2S.